The molecule has 28 heavy (non-hydrogen) atoms. The zero-order valence-corrected chi connectivity index (χ0v) is 16.6. The van der Waals surface area contributed by atoms with Crippen molar-refractivity contribution < 1.29 is 9.53 Å². The summed E-state index contributed by atoms with van der Waals surface area (Å²) < 4.78 is 5.41. The van der Waals surface area contributed by atoms with Gasteiger partial charge in [0.05, 0.1) is 17.5 Å². The normalized spacial score (nSPS) is 15.7. The molecule has 0 radical (unpaired) electrons. The molecule has 0 N–H and O–H groups in total. The van der Waals surface area contributed by atoms with Crippen molar-refractivity contribution in [2.45, 2.75) is 26.4 Å². The number of hydrogen-bond donors (Lipinski definition) is 0. The van der Waals surface area contributed by atoms with Crippen molar-refractivity contribution in [3.8, 4) is 6.07 Å². The molecule has 3 rings (SSSR count). The number of aryl methyl sites for hydroxylation is 2. The molecule has 1 unspecified atom stereocenters. The molecule has 2 aromatic rings. The van der Waals surface area contributed by atoms with Crippen LogP contribution in [0, 0.1) is 25.2 Å². The monoisotopic (exact) mass is 379 g/mol. The molecule has 7 nitrogen and oxygen atoms in total. The van der Waals surface area contributed by atoms with Crippen LogP contribution in [0.4, 0.5) is 5.82 Å². The van der Waals surface area contributed by atoms with E-state index >= 15 is 0 Å². The van der Waals surface area contributed by atoms with Crippen LogP contribution in [0.5, 0.6) is 0 Å². The molecule has 0 amide bonds. The molecule has 2 heterocycles. The third-order valence-corrected chi connectivity index (χ3v) is 4.98. The van der Waals surface area contributed by atoms with Crippen molar-refractivity contribution in [1.82, 2.24) is 14.9 Å². The number of likely N-dealkylation sites (N-methyl/N-ethyl adjacent to an activating group) is 1. The van der Waals surface area contributed by atoms with E-state index in [1.54, 1.807) is 0 Å². The first-order valence-corrected chi connectivity index (χ1v) is 9.38. The number of aromatic nitrogens is 2. The van der Waals surface area contributed by atoms with Crippen LogP contribution in [-0.4, -0.2) is 54.1 Å². The minimum absolute atomic E-state index is 0.125. The fourth-order valence-corrected chi connectivity index (χ4v) is 3.09. The Hall–Kier alpha value is -2.98. The van der Waals surface area contributed by atoms with Gasteiger partial charge in [-0.15, -0.1) is 0 Å². The largest absolute Gasteiger partial charge is 0.460 e. The average Bonchev–Trinajstić information content (AvgIpc) is 2.71. The van der Waals surface area contributed by atoms with Crippen molar-refractivity contribution in [2.24, 2.45) is 0 Å². The van der Waals surface area contributed by atoms with Gasteiger partial charge in [-0.25, -0.2) is 4.98 Å². The van der Waals surface area contributed by atoms with Crippen LogP contribution in [0.15, 0.2) is 30.3 Å². The zero-order chi connectivity index (χ0) is 20.1. The van der Waals surface area contributed by atoms with Gasteiger partial charge in [0.2, 0.25) is 0 Å². The maximum Gasteiger partial charge on any atom is 0.330 e. The Labute approximate surface area is 165 Å². The molecule has 1 fully saturated rings. The Balaban J connectivity index is 1.85. The summed E-state index contributed by atoms with van der Waals surface area (Å²) in [5.74, 6) is -1.09. The predicted molar refractivity (Wildman–Crippen MR) is 106 cm³/mol. The third kappa shape index (κ3) is 4.46. The third-order valence-electron chi connectivity index (χ3n) is 4.98. The number of nitrogens with zero attached hydrogens (tertiary/aromatic N) is 5. The molecule has 0 saturated carbocycles. The van der Waals surface area contributed by atoms with Gasteiger partial charge < -0.3 is 14.5 Å². The van der Waals surface area contributed by atoms with Crippen LogP contribution < -0.4 is 4.90 Å². The number of anilines is 1. The minimum Gasteiger partial charge on any atom is -0.460 e. The smallest absolute Gasteiger partial charge is 0.330 e. The molecule has 0 aliphatic carbocycles. The Morgan fingerprint density at radius 1 is 1.14 bits per heavy atom. The van der Waals surface area contributed by atoms with Crippen molar-refractivity contribution in [2.75, 3.05) is 38.1 Å². The molecule has 1 atom stereocenters. The van der Waals surface area contributed by atoms with Crippen LogP contribution >= 0.6 is 0 Å². The van der Waals surface area contributed by atoms with Gasteiger partial charge in [-0.05, 0) is 26.5 Å². The molecule has 1 aromatic heterocycles. The van der Waals surface area contributed by atoms with Crippen LogP contribution in [0.25, 0.3) is 0 Å². The molecule has 1 saturated heterocycles. The molecule has 1 aliphatic heterocycles. The molecule has 1 aliphatic rings. The molecule has 146 valence electrons. The van der Waals surface area contributed by atoms with E-state index in [4.69, 9.17) is 4.74 Å². The van der Waals surface area contributed by atoms with Gasteiger partial charge >= 0.3 is 5.97 Å². The van der Waals surface area contributed by atoms with Gasteiger partial charge in [0.25, 0.3) is 0 Å². The van der Waals surface area contributed by atoms with Crippen molar-refractivity contribution in [1.29, 1.82) is 5.26 Å². The second kappa shape index (κ2) is 8.81. The van der Waals surface area contributed by atoms with E-state index in [2.05, 4.69) is 32.9 Å². The summed E-state index contributed by atoms with van der Waals surface area (Å²) in [5, 5.41) is 9.73. The van der Waals surface area contributed by atoms with Crippen LogP contribution in [0.3, 0.4) is 0 Å². The molecule has 1 aromatic carbocycles. The fraction of sp³-hybridized carbons (Fsp3) is 0.429. The van der Waals surface area contributed by atoms with E-state index in [1.807, 2.05) is 44.2 Å². The highest BCUT2D eigenvalue weighted by atomic mass is 16.5. The Morgan fingerprint density at radius 2 is 1.79 bits per heavy atom. The number of piperazine rings is 1. The van der Waals surface area contributed by atoms with E-state index in [1.165, 1.54) is 0 Å². The highest BCUT2D eigenvalue weighted by Crippen LogP contribution is 2.27. The van der Waals surface area contributed by atoms with Crippen LogP contribution in [0.1, 0.15) is 28.6 Å². The number of benzene rings is 1. The number of hydrogen-bond acceptors (Lipinski definition) is 7. The van der Waals surface area contributed by atoms with E-state index in [-0.39, 0.29) is 6.61 Å². The number of ether oxygens (including phenoxy) is 1. The van der Waals surface area contributed by atoms with Gasteiger partial charge in [-0.1, -0.05) is 30.3 Å². The Morgan fingerprint density at radius 3 is 2.43 bits per heavy atom. The maximum atomic E-state index is 12.7. The number of nitriles is 1. The van der Waals surface area contributed by atoms with E-state index in [0.717, 1.165) is 37.4 Å². The SMILES string of the molecule is Cc1nc(C(C#N)C(=O)OCc2ccccc2)c(N2CCN(C)CC2)nc1C. The quantitative estimate of drug-likeness (QED) is 0.737. The second-order valence-electron chi connectivity index (χ2n) is 7.05. The lowest BCUT2D eigenvalue weighted by Crippen LogP contribution is -2.45. The molecular weight excluding hydrogens is 354 g/mol. The molecule has 0 spiro atoms. The number of esters is 1. The Bertz CT molecular complexity index is 870. The van der Waals surface area contributed by atoms with E-state index < -0.39 is 11.9 Å². The first-order chi connectivity index (χ1) is 13.5. The summed E-state index contributed by atoms with van der Waals surface area (Å²) >= 11 is 0. The van der Waals surface area contributed by atoms with E-state index in [9.17, 15) is 10.1 Å². The summed E-state index contributed by atoms with van der Waals surface area (Å²) in [7, 11) is 2.07. The summed E-state index contributed by atoms with van der Waals surface area (Å²) in [4.78, 5) is 26.3. The zero-order valence-electron chi connectivity index (χ0n) is 16.6. The summed E-state index contributed by atoms with van der Waals surface area (Å²) in [6.45, 7) is 7.19. The lowest BCUT2D eigenvalue weighted by atomic mass is 10.1. The highest BCUT2D eigenvalue weighted by Gasteiger charge is 2.31. The van der Waals surface area contributed by atoms with Crippen molar-refractivity contribution in [3.63, 3.8) is 0 Å². The lowest BCUT2D eigenvalue weighted by Gasteiger charge is -2.34. The summed E-state index contributed by atoms with van der Waals surface area (Å²) in [6.07, 6.45) is 0. The van der Waals surface area contributed by atoms with Gasteiger partial charge in [0.1, 0.15) is 12.3 Å². The van der Waals surface area contributed by atoms with Gasteiger partial charge in [-0.3, -0.25) is 9.78 Å². The average molecular weight is 379 g/mol. The standard InChI is InChI=1S/C21H25N5O2/c1-15-16(2)24-20(26-11-9-25(3)10-12-26)19(23-15)18(13-22)21(27)28-14-17-7-5-4-6-8-17/h4-8,18H,9-12,14H2,1-3H3. The highest BCUT2D eigenvalue weighted by molar-refractivity contribution is 5.82. The number of carbonyl (C=O) groups is 1. The van der Waals surface area contributed by atoms with Gasteiger partial charge in [-0.2, -0.15) is 5.26 Å². The van der Waals surface area contributed by atoms with Crippen molar-refractivity contribution in [3.05, 3.63) is 53.0 Å². The fourth-order valence-electron chi connectivity index (χ4n) is 3.09. The van der Waals surface area contributed by atoms with Crippen LogP contribution in [-0.2, 0) is 16.1 Å². The number of carbonyl (C=O) groups excluding carboxylic acids is 1. The molecule has 7 heteroatoms. The maximum absolute atomic E-state index is 12.7. The Kier molecular flexibility index (Phi) is 6.22. The molecular formula is C21H25N5O2. The second-order valence-corrected chi connectivity index (χ2v) is 7.05. The topological polar surface area (TPSA) is 82.3 Å². The molecule has 0 bridgehead atoms. The van der Waals surface area contributed by atoms with Crippen LogP contribution in [0.2, 0.25) is 0 Å². The van der Waals surface area contributed by atoms with Crippen molar-refractivity contribution >= 4 is 11.8 Å². The minimum atomic E-state index is -1.11. The van der Waals surface area contributed by atoms with Gasteiger partial charge in [0.15, 0.2) is 11.7 Å². The first-order valence-electron chi connectivity index (χ1n) is 9.38. The van der Waals surface area contributed by atoms with Gasteiger partial charge in [0, 0.05) is 26.2 Å². The first kappa shape index (κ1) is 19.8. The summed E-state index contributed by atoms with van der Waals surface area (Å²) in [6, 6.07) is 11.5. The van der Waals surface area contributed by atoms with E-state index in [0.29, 0.717) is 17.2 Å². The summed E-state index contributed by atoms with van der Waals surface area (Å²) in [5.41, 5.74) is 2.77. The predicted octanol–water partition coefficient (Wildman–Crippen LogP) is 2.20. The lowest BCUT2D eigenvalue weighted by molar-refractivity contribution is -0.145. The number of rotatable bonds is 5.